The number of carboxylic acids is 1. The van der Waals surface area contributed by atoms with Crippen molar-refractivity contribution in [3.8, 4) is 0 Å². The maximum Gasteiger partial charge on any atom is 1.00 e. The number of hydrogen-bond donors (Lipinski definition) is 1. The van der Waals surface area contributed by atoms with E-state index in [4.69, 9.17) is 15.1 Å². The van der Waals surface area contributed by atoms with Gasteiger partial charge in [0, 0.05) is 11.8 Å². The van der Waals surface area contributed by atoms with E-state index < -0.39 is 75.4 Å². The van der Waals surface area contributed by atoms with Crippen molar-refractivity contribution in [1.82, 2.24) is 0 Å². The van der Waals surface area contributed by atoms with Crippen LogP contribution in [-0.2, 0) is 56.8 Å². The monoisotopic (exact) mass is 736 g/mol. The second kappa shape index (κ2) is 20.6. The summed E-state index contributed by atoms with van der Waals surface area (Å²) < 4.78 is 104. The van der Waals surface area contributed by atoms with E-state index in [1.807, 2.05) is 0 Å². The van der Waals surface area contributed by atoms with Gasteiger partial charge in [0.2, 0.25) is 0 Å². The van der Waals surface area contributed by atoms with Gasteiger partial charge in [-0.05, 0) is 47.6 Å². The Balaban J connectivity index is 0. The molecule has 4 aliphatic carbocycles. The summed E-state index contributed by atoms with van der Waals surface area (Å²) in [5.41, 5.74) is -0.982. The van der Waals surface area contributed by atoms with Gasteiger partial charge >= 0.3 is 92.8 Å². The molecule has 0 heterocycles. The summed E-state index contributed by atoms with van der Waals surface area (Å²) in [7, 11) is 0.757. The van der Waals surface area contributed by atoms with Crippen LogP contribution in [0.15, 0.2) is 0 Å². The minimum Gasteiger partial charge on any atom is -0.691 e. The van der Waals surface area contributed by atoms with Crippen LogP contribution in [-0.4, -0.2) is 57.3 Å². The van der Waals surface area contributed by atoms with Crippen LogP contribution >= 0.6 is 36.1 Å². The van der Waals surface area contributed by atoms with Crippen LogP contribution in [0.4, 0.5) is 30.9 Å². The molecule has 0 saturated heterocycles. The number of ketones is 1. The number of carboxylic acid groups (broad SMARTS) is 1. The van der Waals surface area contributed by atoms with Crippen LogP contribution in [0.1, 0.15) is 32.1 Å². The van der Waals surface area contributed by atoms with Crippen molar-refractivity contribution >= 4 is 59.8 Å². The molecule has 0 aromatic rings. The third-order valence-electron chi connectivity index (χ3n) is 5.65. The molecule has 4 rings (SSSR count). The molecule has 2 unspecified atom stereocenters. The molecule has 4 bridgehead atoms. The molecule has 27 heteroatoms. The van der Waals surface area contributed by atoms with Crippen LogP contribution in [0, 0.1) is 17.8 Å². The number of methoxy groups -OCH3 is 1. The van der Waals surface area contributed by atoms with Crippen molar-refractivity contribution in [1.29, 1.82) is 0 Å². The van der Waals surface area contributed by atoms with Crippen LogP contribution in [0.5, 0.6) is 0 Å². The second-order valence-corrected chi connectivity index (χ2v) is 10.8. The molecule has 4 saturated carbocycles. The number of carbonyl (C=O) groups is 4. The van der Waals surface area contributed by atoms with Gasteiger partial charge in [-0.2, -0.15) is 35.0 Å². The molecule has 4 aliphatic rings. The minimum absolute atomic E-state index is 0. The molecule has 0 aromatic heterocycles. The van der Waals surface area contributed by atoms with Gasteiger partial charge < -0.3 is 25.1 Å². The minimum atomic E-state index is -4.16. The van der Waals surface area contributed by atoms with Crippen molar-refractivity contribution in [3.05, 3.63) is 0 Å². The van der Waals surface area contributed by atoms with Gasteiger partial charge in [0.05, 0.1) is 7.11 Å². The fourth-order valence-electron chi connectivity index (χ4n) is 4.45. The molecular formula is C17H17F7Na2O15S3. The van der Waals surface area contributed by atoms with Gasteiger partial charge in [-0.3, -0.25) is 14.9 Å². The second-order valence-electron chi connectivity index (χ2n) is 8.32. The zero-order valence-corrected chi connectivity index (χ0v) is 28.8. The molecule has 244 valence electrons. The molecule has 15 nitrogen and oxygen atoms in total. The zero-order valence-electron chi connectivity index (χ0n) is 22.3. The summed E-state index contributed by atoms with van der Waals surface area (Å²) in [5, 5.41) is 21.7. The van der Waals surface area contributed by atoms with E-state index in [2.05, 4.69) is 32.9 Å². The van der Waals surface area contributed by atoms with Crippen LogP contribution in [0.3, 0.4) is 0 Å². The average molecular weight is 736 g/mol. The molecule has 0 spiro atoms. The van der Waals surface area contributed by atoms with Gasteiger partial charge in [-0.25, -0.2) is 14.4 Å². The first-order valence-electron chi connectivity index (χ1n) is 10.5. The van der Waals surface area contributed by atoms with E-state index >= 15 is 0 Å². The number of hydrogen-bond acceptors (Lipinski definition) is 17. The predicted molar refractivity (Wildman–Crippen MR) is 112 cm³/mol. The molecule has 0 aliphatic heterocycles. The summed E-state index contributed by atoms with van der Waals surface area (Å²) in [6, 6.07) is 0. The van der Waals surface area contributed by atoms with E-state index in [1.165, 1.54) is 0 Å². The van der Waals surface area contributed by atoms with Gasteiger partial charge in [0.15, 0.2) is 0 Å². The normalized spacial score (nSPS) is 23.5. The van der Waals surface area contributed by atoms with Crippen molar-refractivity contribution in [3.63, 3.8) is 0 Å². The Morgan fingerprint density at radius 2 is 1.25 bits per heavy atom. The van der Waals surface area contributed by atoms with Crippen molar-refractivity contribution in [2.24, 2.45) is 17.8 Å². The Hall–Kier alpha value is 0.320. The Bertz CT molecular complexity index is 941. The molecule has 0 amide bonds. The fraction of sp³-hybridized carbons (Fsp3) is 0.765. The number of rotatable bonds is 13. The first-order chi connectivity index (χ1) is 19.4. The number of ether oxygens (including phenoxy) is 2. The Kier molecular flexibility index (Phi) is 21.8. The van der Waals surface area contributed by atoms with Crippen LogP contribution < -0.4 is 69.6 Å². The summed E-state index contributed by atoms with van der Waals surface area (Å²) in [4.78, 5) is 43.2. The predicted octanol–water partition coefficient (Wildman–Crippen LogP) is -4.08. The first kappa shape index (κ1) is 46.4. The molecular weight excluding hydrogens is 719 g/mol. The molecule has 4 fully saturated rings. The fourth-order valence-corrected chi connectivity index (χ4v) is 5.12. The standard InChI is InChI=1S/C12H14F2O6S.C3H3F3O4S.C2H2F2O5S.2Na/c13-12(14,21-20-19-17)10(16)18-11-3-6-1-7(4-11)9(15)8(2-6)5-11;1-8-2(7)3(4,5)11-10-9-6;3-2(4,1(5)6)10-9-8-7;;/h6-8,17H,1-5H2;1H3;7H,(H,5,6);;/q;;;2*+1/p-2. The number of carbonyl (C=O) groups excluding carboxylic acids is 3. The van der Waals surface area contributed by atoms with E-state index in [-0.39, 0.29) is 82.7 Å². The van der Waals surface area contributed by atoms with Crippen molar-refractivity contribution in [2.45, 2.75) is 53.5 Å². The van der Waals surface area contributed by atoms with Crippen LogP contribution in [0.25, 0.3) is 0 Å². The van der Waals surface area contributed by atoms with E-state index in [0.717, 1.165) is 20.0 Å². The maximum atomic E-state index is 13.4. The quantitative estimate of drug-likeness (QED) is 0.0476. The van der Waals surface area contributed by atoms with Crippen molar-refractivity contribution < 1.29 is 162 Å². The van der Waals surface area contributed by atoms with Crippen LogP contribution in [0.2, 0.25) is 0 Å². The molecule has 0 aromatic carbocycles. The zero-order chi connectivity index (χ0) is 32.4. The van der Waals surface area contributed by atoms with Crippen molar-refractivity contribution in [2.75, 3.05) is 7.11 Å². The summed E-state index contributed by atoms with van der Waals surface area (Å²) in [6.07, 6.45) is 2.65. The number of aliphatic carboxylic acids is 1. The average Bonchev–Trinajstić information content (AvgIpc) is 2.92. The van der Waals surface area contributed by atoms with Gasteiger partial charge in [-0.15, -0.1) is 4.33 Å². The third-order valence-corrected chi connectivity index (χ3v) is 7.16. The molecule has 0 radical (unpaired) electrons. The van der Waals surface area contributed by atoms with E-state index in [0.29, 0.717) is 19.3 Å². The topological polar surface area (TPSA) is 208 Å². The molecule has 1 N–H and O–H groups in total. The van der Waals surface area contributed by atoms with Gasteiger partial charge in [0.25, 0.3) is 0 Å². The third kappa shape index (κ3) is 14.2. The Morgan fingerprint density at radius 1 is 0.818 bits per heavy atom. The van der Waals surface area contributed by atoms with Gasteiger partial charge in [0.1, 0.15) is 47.5 Å². The maximum absolute atomic E-state index is 13.4. The molecule has 2 atom stereocenters. The SMILES string of the molecule is COC(=O)C(F)(F)SOOF.O=C(O)C(F)(F)SOO[O-].O=C1C2CC3CC1CC(OC(=O)C(F)(F)SOO[O-])(C3)C2.[Na+].[Na+]. The Labute approximate surface area is 298 Å². The van der Waals surface area contributed by atoms with E-state index in [1.54, 1.807) is 0 Å². The summed E-state index contributed by atoms with van der Waals surface area (Å²) in [6.45, 7) is 0. The largest absolute Gasteiger partial charge is 1.00 e. The van der Waals surface area contributed by atoms with Gasteiger partial charge in [-0.1, -0.05) is 0 Å². The number of Topliss-reactive ketones (excluding diaryl/α,β-unsaturated/α-hetero) is 1. The smallest absolute Gasteiger partial charge is 0.691 e. The Morgan fingerprint density at radius 3 is 1.66 bits per heavy atom. The summed E-state index contributed by atoms with van der Waals surface area (Å²) in [5.74, 6) is -5.98. The van der Waals surface area contributed by atoms with E-state index in [9.17, 15) is 55.3 Å². The number of esters is 2. The number of alkyl halides is 6. The summed E-state index contributed by atoms with van der Waals surface area (Å²) >= 11 is -2.37. The molecule has 44 heavy (non-hydrogen) atoms. The first-order valence-corrected chi connectivity index (χ1v) is 12.8. The number of halogens is 7.